The first-order chi connectivity index (χ1) is 16.0. The molecule has 1 N–H and O–H groups in total. The molecule has 1 atom stereocenters. The highest BCUT2D eigenvalue weighted by atomic mass is 16.1. The Morgan fingerprint density at radius 1 is 1.18 bits per heavy atom. The third kappa shape index (κ3) is 4.27. The van der Waals surface area contributed by atoms with E-state index in [1.165, 1.54) is 11.3 Å². The third-order valence-corrected chi connectivity index (χ3v) is 6.66. The van der Waals surface area contributed by atoms with Gasteiger partial charge in [0.15, 0.2) is 5.65 Å². The Bertz CT molecular complexity index is 1300. The molecular weight excluding hydrogens is 412 g/mol. The fraction of sp³-hybridized carbons (Fsp3) is 0.385. The van der Waals surface area contributed by atoms with E-state index in [4.69, 9.17) is 0 Å². The smallest absolute Gasteiger partial charge is 0.220 e. The van der Waals surface area contributed by atoms with Crippen LogP contribution < -0.4 is 5.32 Å². The van der Waals surface area contributed by atoms with Crippen molar-refractivity contribution in [3.05, 3.63) is 82.1 Å². The van der Waals surface area contributed by atoms with Gasteiger partial charge in [0.1, 0.15) is 0 Å². The molecule has 1 aromatic carbocycles. The average molecular weight is 443 g/mol. The molecule has 0 saturated carbocycles. The first-order valence-corrected chi connectivity index (χ1v) is 11.7. The average Bonchev–Trinajstić information content (AvgIpc) is 3.38. The summed E-state index contributed by atoms with van der Waals surface area (Å²) in [6.07, 6.45) is 6.03. The third-order valence-electron chi connectivity index (χ3n) is 6.66. The Morgan fingerprint density at radius 3 is 2.82 bits per heavy atom. The van der Waals surface area contributed by atoms with E-state index in [-0.39, 0.29) is 11.9 Å². The van der Waals surface area contributed by atoms with Crippen LogP contribution in [0.2, 0.25) is 0 Å². The lowest BCUT2D eigenvalue weighted by Crippen LogP contribution is -2.31. The van der Waals surface area contributed by atoms with Gasteiger partial charge < -0.3 is 5.32 Å². The highest BCUT2D eigenvalue weighted by molar-refractivity contribution is 5.77. The molecule has 1 aliphatic rings. The lowest BCUT2D eigenvalue weighted by atomic mass is 9.92. The Labute approximate surface area is 193 Å². The van der Waals surface area contributed by atoms with Crippen molar-refractivity contribution in [1.29, 1.82) is 0 Å². The minimum atomic E-state index is 0.0299. The lowest BCUT2D eigenvalue weighted by molar-refractivity contribution is -0.121. The lowest BCUT2D eigenvalue weighted by Gasteiger charge is -2.24. The van der Waals surface area contributed by atoms with Gasteiger partial charge in [-0.15, -0.1) is 0 Å². The number of hydrogen-bond donors (Lipinski definition) is 1. The van der Waals surface area contributed by atoms with Gasteiger partial charge in [0.25, 0.3) is 0 Å². The van der Waals surface area contributed by atoms with Crippen LogP contribution in [-0.4, -0.2) is 30.3 Å². The van der Waals surface area contributed by atoms with Gasteiger partial charge in [0, 0.05) is 35.1 Å². The van der Waals surface area contributed by atoms with Crippen LogP contribution in [0.25, 0.3) is 5.65 Å². The van der Waals surface area contributed by atoms with Crippen molar-refractivity contribution < 1.29 is 4.79 Å². The molecular formula is C26H30N6O. The van der Waals surface area contributed by atoms with Crippen molar-refractivity contribution in [2.75, 3.05) is 0 Å². The number of amides is 1. The topological polar surface area (TPSA) is 77.1 Å². The summed E-state index contributed by atoms with van der Waals surface area (Å²) in [5, 5.41) is 12.5. The molecule has 0 saturated heterocycles. The monoisotopic (exact) mass is 442 g/mol. The molecule has 7 nitrogen and oxygen atoms in total. The van der Waals surface area contributed by atoms with E-state index >= 15 is 0 Å². The molecule has 0 spiro atoms. The summed E-state index contributed by atoms with van der Waals surface area (Å²) in [6, 6.07) is 12.4. The number of aryl methyl sites for hydroxylation is 3. The SMILES string of the molecule is Cc1cc2nc(C)c(CCC(=O)NC3CCCc4c3cnn4Cc3ccccc3)c(C)n2n1. The van der Waals surface area contributed by atoms with E-state index in [1.807, 2.05) is 36.7 Å². The largest absolute Gasteiger partial charge is 0.349 e. The molecule has 0 fully saturated rings. The van der Waals surface area contributed by atoms with Crippen LogP contribution >= 0.6 is 0 Å². The zero-order chi connectivity index (χ0) is 22.9. The van der Waals surface area contributed by atoms with Crippen molar-refractivity contribution in [2.24, 2.45) is 0 Å². The molecule has 3 aromatic heterocycles. The van der Waals surface area contributed by atoms with Gasteiger partial charge in [0.05, 0.1) is 24.5 Å². The molecule has 1 aliphatic carbocycles. The number of carbonyl (C=O) groups is 1. The number of carbonyl (C=O) groups excluding carboxylic acids is 1. The fourth-order valence-corrected chi connectivity index (χ4v) is 4.97. The van der Waals surface area contributed by atoms with Gasteiger partial charge in [-0.05, 0) is 57.6 Å². The summed E-state index contributed by atoms with van der Waals surface area (Å²) >= 11 is 0. The number of nitrogens with one attached hydrogen (secondary N) is 1. The maximum atomic E-state index is 12.9. The molecule has 33 heavy (non-hydrogen) atoms. The van der Waals surface area contributed by atoms with Crippen LogP contribution in [0.4, 0.5) is 0 Å². The quantitative estimate of drug-likeness (QED) is 0.489. The van der Waals surface area contributed by atoms with Crippen LogP contribution in [0.3, 0.4) is 0 Å². The van der Waals surface area contributed by atoms with E-state index in [2.05, 4.69) is 56.4 Å². The summed E-state index contributed by atoms with van der Waals surface area (Å²) in [6.45, 7) is 6.79. The molecule has 5 rings (SSSR count). The molecule has 0 bridgehead atoms. The maximum absolute atomic E-state index is 12.9. The van der Waals surface area contributed by atoms with E-state index in [1.54, 1.807) is 0 Å². The van der Waals surface area contributed by atoms with Crippen molar-refractivity contribution in [3.8, 4) is 0 Å². The molecule has 4 aromatic rings. The predicted octanol–water partition coefficient (Wildman–Crippen LogP) is 4.03. The zero-order valence-corrected chi connectivity index (χ0v) is 19.5. The van der Waals surface area contributed by atoms with Gasteiger partial charge in [-0.1, -0.05) is 30.3 Å². The second-order valence-corrected chi connectivity index (χ2v) is 9.02. The molecule has 170 valence electrons. The minimum absolute atomic E-state index is 0.0299. The van der Waals surface area contributed by atoms with Crippen molar-refractivity contribution in [1.82, 2.24) is 29.7 Å². The number of benzene rings is 1. The molecule has 7 heteroatoms. The van der Waals surface area contributed by atoms with Gasteiger partial charge in [0.2, 0.25) is 5.91 Å². The number of hydrogen-bond acceptors (Lipinski definition) is 4. The standard InChI is InChI=1S/C26H30N6O/c1-17-14-25-28-18(2)21(19(3)32(25)30-17)12-13-26(33)29-23-10-7-11-24-22(23)15-27-31(24)16-20-8-5-4-6-9-20/h4-6,8-9,14-15,23H,7,10-13,16H2,1-3H3,(H,29,33). The molecule has 0 aliphatic heterocycles. The summed E-state index contributed by atoms with van der Waals surface area (Å²) < 4.78 is 3.97. The Kier molecular flexibility index (Phi) is 5.70. The maximum Gasteiger partial charge on any atom is 0.220 e. The summed E-state index contributed by atoms with van der Waals surface area (Å²) in [7, 11) is 0. The van der Waals surface area contributed by atoms with Crippen LogP contribution in [0.1, 0.15) is 64.8 Å². The summed E-state index contributed by atoms with van der Waals surface area (Å²) in [4.78, 5) is 17.6. The summed E-state index contributed by atoms with van der Waals surface area (Å²) in [5.41, 5.74) is 8.56. The number of fused-ring (bicyclic) bond motifs is 2. The van der Waals surface area contributed by atoms with Crippen LogP contribution in [-0.2, 0) is 24.2 Å². The van der Waals surface area contributed by atoms with E-state index in [0.717, 1.165) is 59.7 Å². The first-order valence-electron chi connectivity index (χ1n) is 11.7. The van der Waals surface area contributed by atoms with Crippen LogP contribution in [0.5, 0.6) is 0 Å². The molecule has 1 amide bonds. The summed E-state index contributed by atoms with van der Waals surface area (Å²) in [5.74, 6) is 0.0687. The second-order valence-electron chi connectivity index (χ2n) is 9.02. The number of aromatic nitrogens is 5. The van der Waals surface area contributed by atoms with E-state index in [0.29, 0.717) is 12.8 Å². The van der Waals surface area contributed by atoms with E-state index in [9.17, 15) is 4.79 Å². The van der Waals surface area contributed by atoms with Gasteiger partial charge >= 0.3 is 0 Å². The molecule has 1 unspecified atom stereocenters. The molecule has 3 heterocycles. The van der Waals surface area contributed by atoms with Crippen molar-refractivity contribution >= 4 is 11.6 Å². The van der Waals surface area contributed by atoms with Gasteiger partial charge in [-0.2, -0.15) is 10.2 Å². The normalized spacial score (nSPS) is 15.5. The fourth-order valence-electron chi connectivity index (χ4n) is 4.97. The highest BCUT2D eigenvalue weighted by Crippen LogP contribution is 2.30. The predicted molar refractivity (Wildman–Crippen MR) is 127 cm³/mol. The van der Waals surface area contributed by atoms with Gasteiger partial charge in [-0.3, -0.25) is 9.48 Å². The zero-order valence-electron chi connectivity index (χ0n) is 19.5. The van der Waals surface area contributed by atoms with Crippen LogP contribution in [0.15, 0.2) is 42.6 Å². The Morgan fingerprint density at radius 2 is 2.00 bits per heavy atom. The molecule has 0 radical (unpaired) electrons. The van der Waals surface area contributed by atoms with Gasteiger partial charge in [-0.25, -0.2) is 9.50 Å². The first kappa shape index (κ1) is 21.4. The number of rotatable bonds is 6. The Balaban J connectivity index is 1.27. The van der Waals surface area contributed by atoms with Crippen LogP contribution in [0, 0.1) is 20.8 Å². The number of nitrogens with zero attached hydrogens (tertiary/aromatic N) is 5. The van der Waals surface area contributed by atoms with Crippen molar-refractivity contribution in [2.45, 2.75) is 65.5 Å². The Hall–Kier alpha value is -3.48. The second kappa shape index (κ2) is 8.81. The van der Waals surface area contributed by atoms with Crippen molar-refractivity contribution in [3.63, 3.8) is 0 Å². The van der Waals surface area contributed by atoms with E-state index < -0.39 is 0 Å². The minimum Gasteiger partial charge on any atom is -0.349 e. The highest BCUT2D eigenvalue weighted by Gasteiger charge is 2.25.